The molecule has 1 aliphatic heterocycles. The highest BCUT2D eigenvalue weighted by Crippen LogP contribution is 2.33. The van der Waals surface area contributed by atoms with Crippen LogP contribution in [0.5, 0.6) is 0 Å². The Morgan fingerprint density at radius 3 is 2.88 bits per heavy atom. The SMILES string of the molecule is CC(C)c1cccc(N2CC(c3nc(-c4cccnc4)no3)CC2=O)c1. The molecule has 3 aromatic rings. The third kappa shape index (κ3) is 3.10. The van der Waals surface area contributed by atoms with Crippen LogP contribution in [0, 0.1) is 0 Å². The summed E-state index contributed by atoms with van der Waals surface area (Å²) in [6.45, 7) is 4.84. The Labute approximate surface area is 151 Å². The van der Waals surface area contributed by atoms with E-state index in [1.807, 2.05) is 29.2 Å². The number of benzene rings is 1. The van der Waals surface area contributed by atoms with E-state index >= 15 is 0 Å². The van der Waals surface area contributed by atoms with Gasteiger partial charge in [0.25, 0.3) is 0 Å². The van der Waals surface area contributed by atoms with Crippen molar-refractivity contribution in [2.75, 3.05) is 11.4 Å². The Morgan fingerprint density at radius 1 is 1.23 bits per heavy atom. The van der Waals surface area contributed by atoms with E-state index in [-0.39, 0.29) is 11.8 Å². The van der Waals surface area contributed by atoms with Crippen molar-refractivity contribution < 1.29 is 9.32 Å². The van der Waals surface area contributed by atoms with Crippen LogP contribution in [0.1, 0.15) is 43.6 Å². The molecule has 1 saturated heterocycles. The normalized spacial score (nSPS) is 17.3. The first-order valence-corrected chi connectivity index (χ1v) is 8.76. The molecule has 6 heteroatoms. The molecule has 0 spiro atoms. The maximum atomic E-state index is 12.5. The summed E-state index contributed by atoms with van der Waals surface area (Å²) in [4.78, 5) is 22.9. The number of carbonyl (C=O) groups excluding carboxylic acids is 1. The Hall–Kier alpha value is -3.02. The van der Waals surface area contributed by atoms with E-state index in [1.54, 1.807) is 12.4 Å². The van der Waals surface area contributed by atoms with E-state index in [0.29, 0.717) is 30.6 Å². The third-order valence-corrected chi connectivity index (χ3v) is 4.68. The zero-order chi connectivity index (χ0) is 18.1. The van der Waals surface area contributed by atoms with Crippen LogP contribution in [-0.4, -0.2) is 27.6 Å². The van der Waals surface area contributed by atoms with Crippen LogP contribution in [0.4, 0.5) is 5.69 Å². The van der Waals surface area contributed by atoms with Crippen LogP contribution in [0.3, 0.4) is 0 Å². The van der Waals surface area contributed by atoms with Crippen LogP contribution in [0.25, 0.3) is 11.4 Å². The second-order valence-electron chi connectivity index (χ2n) is 6.85. The van der Waals surface area contributed by atoms with Crippen molar-refractivity contribution in [2.24, 2.45) is 0 Å². The van der Waals surface area contributed by atoms with Crippen LogP contribution >= 0.6 is 0 Å². The number of rotatable bonds is 4. The van der Waals surface area contributed by atoms with E-state index in [1.165, 1.54) is 5.56 Å². The van der Waals surface area contributed by atoms with Gasteiger partial charge in [-0.05, 0) is 35.7 Å². The van der Waals surface area contributed by atoms with E-state index < -0.39 is 0 Å². The molecule has 0 bridgehead atoms. The zero-order valence-electron chi connectivity index (χ0n) is 14.8. The highest BCUT2D eigenvalue weighted by Gasteiger charge is 2.35. The smallest absolute Gasteiger partial charge is 0.232 e. The van der Waals surface area contributed by atoms with Crippen molar-refractivity contribution >= 4 is 11.6 Å². The third-order valence-electron chi connectivity index (χ3n) is 4.68. The molecule has 0 radical (unpaired) electrons. The lowest BCUT2D eigenvalue weighted by Crippen LogP contribution is -2.24. The molecule has 0 aliphatic carbocycles. The molecular formula is C20H20N4O2. The van der Waals surface area contributed by atoms with Gasteiger partial charge in [-0.2, -0.15) is 4.98 Å². The molecular weight excluding hydrogens is 328 g/mol. The van der Waals surface area contributed by atoms with Gasteiger partial charge in [0.15, 0.2) is 0 Å². The number of aromatic nitrogens is 3. The predicted molar refractivity (Wildman–Crippen MR) is 97.8 cm³/mol. The highest BCUT2D eigenvalue weighted by molar-refractivity contribution is 5.96. The lowest BCUT2D eigenvalue weighted by atomic mass is 10.0. The van der Waals surface area contributed by atoms with Gasteiger partial charge in [0.05, 0.1) is 5.92 Å². The molecule has 3 heterocycles. The fourth-order valence-corrected chi connectivity index (χ4v) is 3.19. The summed E-state index contributed by atoms with van der Waals surface area (Å²) in [6, 6.07) is 11.8. The monoisotopic (exact) mass is 348 g/mol. The van der Waals surface area contributed by atoms with Crippen molar-refractivity contribution in [3.8, 4) is 11.4 Å². The maximum absolute atomic E-state index is 12.5. The second kappa shape index (κ2) is 6.71. The lowest BCUT2D eigenvalue weighted by Gasteiger charge is -2.18. The quantitative estimate of drug-likeness (QED) is 0.717. The topological polar surface area (TPSA) is 72.1 Å². The van der Waals surface area contributed by atoms with Gasteiger partial charge in [-0.25, -0.2) is 0 Å². The molecule has 1 aliphatic rings. The summed E-state index contributed by atoms with van der Waals surface area (Å²) in [7, 11) is 0. The van der Waals surface area contributed by atoms with E-state index in [4.69, 9.17) is 4.52 Å². The van der Waals surface area contributed by atoms with Crippen molar-refractivity contribution in [1.82, 2.24) is 15.1 Å². The molecule has 4 rings (SSSR count). The first-order valence-electron chi connectivity index (χ1n) is 8.76. The fraction of sp³-hybridized carbons (Fsp3) is 0.300. The van der Waals surface area contributed by atoms with Crippen LogP contribution in [0.2, 0.25) is 0 Å². The van der Waals surface area contributed by atoms with E-state index in [0.717, 1.165) is 11.3 Å². The molecule has 6 nitrogen and oxygen atoms in total. The summed E-state index contributed by atoms with van der Waals surface area (Å²) in [5.41, 5.74) is 2.94. The lowest BCUT2D eigenvalue weighted by molar-refractivity contribution is -0.117. The molecule has 1 fully saturated rings. The molecule has 0 saturated carbocycles. The van der Waals surface area contributed by atoms with Gasteiger partial charge in [-0.1, -0.05) is 31.1 Å². The number of amides is 1. The molecule has 26 heavy (non-hydrogen) atoms. The second-order valence-corrected chi connectivity index (χ2v) is 6.85. The van der Waals surface area contributed by atoms with Gasteiger partial charge in [-0.3, -0.25) is 9.78 Å². The average Bonchev–Trinajstić information content (AvgIpc) is 3.29. The number of nitrogens with zero attached hydrogens (tertiary/aromatic N) is 4. The number of carbonyl (C=O) groups is 1. The largest absolute Gasteiger partial charge is 0.339 e. The van der Waals surface area contributed by atoms with Crippen molar-refractivity contribution in [2.45, 2.75) is 32.1 Å². The Bertz CT molecular complexity index is 920. The molecule has 1 aromatic carbocycles. The molecule has 132 valence electrons. The molecule has 1 atom stereocenters. The minimum atomic E-state index is -0.0943. The maximum Gasteiger partial charge on any atom is 0.232 e. The first kappa shape index (κ1) is 16.4. The average molecular weight is 348 g/mol. The molecule has 0 N–H and O–H groups in total. The molecule has 1 amide bonds. The number of anilines is 1. The van der Waals surface area contributed by atoms with Crippen LogP contribution < -0.4 is 4.90 Å². The summed E-state index contributed by atoms with van der Waals surface area (Å²) in [6.07, 6.45) is 3.77. The van der Waals surface area contributed by atoms with Gasteiger partial charge < -0.3 is 9.42 Å². The summed E-state index contributed by atoms with van der Waals surface area (Å²) in [5.74, 6) is 1.40. The Morgan fingerprint density at radius 2 is 2.12 bits per heavy atom. The minimum absolute atomic E-state index is 0.0806. The van der Waals surface area contributed by atoms with Gasteiger partial charge in [-0.15, -0.1) is 0 Å². The van der Waals surface area contributed by atoms with Crippen molar-refractivity contribution in [3.63, 3.8) is 0 Å². The molecule has 1 unspecified atom stereocenters. The zero-order valence-corrected chi connectivity index (χ0v) is 14.8. The van der Waals surface area contributed by atoms with Crippen LogP contribution in [0.15, 0.2) is 53.3 Å². The van der Waals surface area contributed by atoms with Crippen molar-refractivity contribution in [1.29, 1.82) is 0 Å². The van der Waals surface area contributed by atoms with Gasteiger partial charge >= 0.3 is 0 Å². The van der Waals surface area contributed by atoms with E-state index in [9.17, 15) is 4.79 Å². The molecule has 2 aromatic heterocycles. The predicted octanol–water partition coefficient (Wildman–Crippen LogP) is 3.78. The van der Waals surface area contributed by atoms with Gasteiger partial charge in [0, 0.05) is 36.6 Å². The van der Waals surface area contributed by atoms with Gasteiger partial charge in [0.1, 0.15) is 0 Å². The summed E-state index contributed by atoms with van der Waals surface area (Å²) in [5, 5.41) is 4.04. The van der Waals surface area contributed by atoms with E-state index in [2.05, 4.69) is 41.1 Å². The fourth-order valence-electron chi connectivity index (χ4n) is 3.19. The highest BCUT2D eigenvalue weighted by atomic mass is 16.5. The number of pyridine rings is 1. The Balaban J connectivity index is 1.55. The van der Waals surface area contributed by atoms with Crippen molar-refractivity contribution in [3.05, 3.63) is 60.2 Å². The number of hydrogen-bond donors (Lipinski definition) is 0. The number of hydrogen-bond acceptors (Lipinski definition) is 5. The standard InChI is InChI=1S/C20H20N4O2/c1-13(2)14-5-3-7-17(9-14)24-12-16(10-18(24)25)20-22-19(23-26-20)15-6-4-8-21-11-15/h3-9,11,13,16H,10,12H2,1-2H3. The van der Waals surface area contributed by atoms with Crippen LogP contribution in [-0.2, 0) is 4.79 Å². The Kier molecular flexibility index (Phi) is 4.24. The first-order chi connectivity index (χ1) is 12.6. The van der Waals surface area contributed by atoms with Gasteiger partial charge in [0.2, 0.25) is 17.6 Å². The summed E-state index contributed by atoms with van der Waals surface area (Å²) < 4.78 is 5.43. The summed E-state index contributed by atoms with van der Waals surface area (Å²) >= 11 is 0. The minimum Gasteiger partial charge on any atom is -0.339 e.